The molecule has 2 heterocycles. The number of aromatic nitrogens is 1. The fourth-order valence-electron chi connectivity index (χ4n) is 3.80. The van der Waals surface area contributed by atoms with Gasteiger partial charge in [0.05, 0.1) is 7.11 Å². The molecule has 0 spiro atoms. The number of pyridine rings is 1. The first-order valence-electron chi connectivity index (χ1n) is 9.89. The maximum absolute atomic E-state index is 12.6. The minimum Gasteiger partial charge on any atom is -0.495 e. The van der Waals surface area contributed by atoms with Crippen molar-refractivity contribution >= 4 is 21.3 Å². The molecular formula is C22H24N2O5S. The van der Waals surface area contributed by atoms with E-state index in [0.29, 0.717) is 35.6 Å². The standard InChI is InChI=1S/C22H24N2O5S/c1-29-19-11-14(5-9-20(19)30(2,27)28)17(12-15-6-10-21(25)23-15)18-8-7-16(13-3-4-13)22(26)24-18/h5,7-9,11-13,15H,3-4,6,10H2,1-2H3,(H,23,25)(H,24,26)/b17-12-/t15-/m1/s1. The summed E-state index contributed by atoms with van der Waals surface area (Å²) in [5.74, 6) is 0.546. The molecule has 0 radical (unpaired) electrons. The van der Waals surface area contributed by atoms with Crippen LogP contribution in [0.2, 0.25) is 0 Å². The Labute approximate surface area is 175 Å². The van der Waals surface area contributed by atoms with Crippen molar-refractivity contribution in [1.29, 1.82) is 0 Å². The van der Waals surface area contributed by atoms with E-state index in [1.807, 2.05) is 18.2 Å². The highest BCUT2D eigenvalue weighted by atomic mass is 32.2. The van der Waals surface area contributed by atoms with E-state index in [1.54, 1.807) is 12.1 Å². The van der Waals surface area contributed by atoms with E-state index in [0.717, 1.165) is 24.7 Å². The van der Waals surface area contributed by atoms with Crippen LogP contribution in [0.25, 0.3) is 5.57 Å². The number of rotatable bonds is 6. The molecule has 7 nitrogen and oxygen atoms in total. The quantitative estimate of drug-likeness (QED) is 0.735. The molecule has 1 amide bonds. The van der Waals surface area contributed by atoms with Crippen molar-refractivity contribution < 1.29 is 17.9 Å². The first-order chi connectivity index (χ1) is 14.3. The van der Waals surface area contributed by atoms with Crippen LogP contribution in [0, 0.1) is 0 Å². The third-order valence-electron chi connectivity index (χ3n) is 5.52. The number of ether oxygens (including phenoxy) is 1. The molecule has 1 aromatic heterocycles. The van der Waals surface area contributed by atoms with Gasteiger partial charge < -0.3 is 15.0 Å². The van der Waals surface area contributed by atoms with Crippen molar-refractivity contribution in [3.8, 4) is 5.75 Å². The highest BCUT2D eigenvalue weighted by Gasteiger charge is 2.27. The molecule has 1 aliphatic carbocycles. The molecule has 8 heteroatoms. The summed E-state index contributed by atoms with van der Waals surface area (Å²) in [6.45, 7) is 0. The second kappa shape index (κ2) is 7.75. The predicted molar refractivity (Wildman–Crippen MR) is 113 cm³/mol. The molecule has 2 N–H and O–H groups in total. The van der Waals surface area contributed by atoms with Gasteiger partial charge in [-0.05, 0) is 48.9 Å². The number of sulfone groups is 1. The number of carbonyl (C=O) groups is 1. The maximum Gasteiger partial charge on any atom is 0.251 e. The second-order valence-corrected chi connectivity index (χ2v) is 9.85. The molecule has 158 valence electrons. The number of amides is 1. The maximum atomic E-state index is 12.6. The Morgan fingerprint density at radius 2 is 1.90 bits per heavy atom. The Balaban J connectivity index is 1.82. The number of aromatic amines is 1. The van der Waals surface area contributed by atoms with E-state index in [9.17, 15) is 18.0 Å². The van der Waals surface area contributed by atoms with Crippen molar-refractivity contribution in [2.75, 3.05) is 13.4 Å². The topological polar surface area (TPSA) is 105 Å². The van der Waals surface area contributed by atoms with Crippen LogP contribution < -0.4 is 15.6 Å². The number of methoxy groups -OCH3 is 1. The van der Waals surface area contributed by atoms with Gasteiger partial charge in [0.2, 0.25) is 5.91 Å². The fraction of sp³-hybridized carbons (Fsp3) is 0.364. The molecule has 2 fully saturated rings. The van der Waals surface area contributed by atoms with Crippen LogP contribution in [0.1, 0.15) is 48.4 Å². The van der Waals surface area contributed by atoms with Gasteiger partial charge in [-0.2, -0.15) is 0 Å². The molecule has 1 aliphatic heterocycles. The van der Waals surface area contributed by atoms with Crippen molar-refractivity contribution in [1.82, 2.24) is 10.3 Å². The molecule has 2 aliphatic rings. The zero-order valence-corrected chi connectivity index (χ0v) is 17.7. The van der Waals surface area contributed by atoms with E-state index in [1.165, 1.54) is 13.2 Å². The molecular weight excluding hydrogens is 404 g/mol. The van der Waals surface area contributed by atoms with E-state index in [4.69, 9.17) is 4.74 Å². The van der Waals surface area contributed by atoms with Gasteiger partial charge in [-0.25, -0.2) is 8.42 Å². The average Bonchev–Trinajstić information content (AvgIpc) is 3.46. The number of hydrogen-bond acceptors (Lipinski definition) is 5. The Kier molecular flexibility index (Phi) is 5.27. The van der Waals surface area contributed by atoms with E-state index in [-0.39, 0.29) is 28.2 Å². The van der Waals surface area contributed by atoms with Gasteiger partial charge in [0, 0.05) is 35.5 Å². The summed E-state index contributed by atoms with van der Waals surface area (Å²) in [4.78, 5) is 27.3. The zero-order chi connectivity index (χ0) is 21.5. The van der Waals surface area contributed by atoms with Crippen molar-refractivity contribution in [2.45, 2.75) is 42.5 Å². The lowest BCUT2D eigenvalue weighted by Crippen LogP contribution is -2.23. The second-order valence-electron chi connectivity index (χ2n) is 7.86. The van der Waals surface area contributed by atoms with Crippen LogP contribution in [-0.4, -0.2) is 38.7 Å². The lowest BCUT2D eigenvalue weighted by atomic mass is 9.98. The van der Waals surface area contributed by atoms with E-state index < -0.39 is 9.84 Å². The first-order valence-corrected chi connectivity index (χ1v) is 11.8. The molecule has 4 rings (SSSR count). The van der Waals surface area contributed by atoms with Crippen LogP contribution >= 0.6 is 0 Å². The Morgan fingerprint density at radius 3 is 2.47 bits per heavy atom. The molecule has 30 heavy (non-hydrogen) atoms. The van der Waals surface area contributed by atoms with Crippen molar-refractivity contribution in [3.05, 3.63) is 63.6 Å². The highest BCUT2D eigenvalue weighted by Crippen LogP contribution is 2.38. The van der Waals surface area contributed by atoms with Gasteiger partial charge in [-0.15, -0.1) is 0 Å². The van der Waals surface area contributed by atoms with E-state index in [2.05, 4.69) is 10.3 Å². The Hall–Kier alpha value is -2.87. The van der Waals surface area contributed by atoms with Crippen molar-refractivity contribution in [2.24, 2.45) is 0 Å². The zero-order valence-electron chi connectivity index (χ0n) is 16.9. The summed E-state index contributed by atoms with van der Waals surface area (Å²) in [5.41, 5.74) is 2.68. The van der Waals surface area contributed by atoms with Gasteiger partial charge in [-0.1, -0.05) is 18.2 Å². The van der Waals surface area contributed by atoms with Crippen LogP contribution in [0.4, 0.5) is 0 Å². The Bertz CT molecular complexity index is 1190. The molecule has 1 aromatic carbocycles. The summed E-state index contributed by atoms with van der Waals surface area (Å²) in [6, 6.07) is 8.39. The summed E-state index contributed by atoms with van der Waals surface area (Å²) in [7, 11) is -2.04. The van der Waals surface area contributed by atoms with Crippen molar-refractivity contribution in [3.63, 3.8) is 0 Å². The Morgan fingerprint density at radius 1 is 1.13 bits per heavy atom. The predicted octanol–water partition coefficient (Wildman–Crippen LogP) is 2.37. The highest BCUT2D eigenvalue weighted by molar-refractivity contribution is 7.90. The van der Waals surface area contributed by atoms with Crippen LogP contribution in [0.15, 0.2) is 46.1 Å². The normalized spacial score (nSPS) is 19.6. The largest absolute Gasteiger partial charge is 0.495 e. The number of benzene rings is 1. The smallest absolute Gasteiger partial charge is 0.251 e. The summed E-state index contributed by atoms with van der Waals surface area (Å²) in [6.07, 6.45) is 6.20. The minimum atomic E-state index is -3.46. The van der Waals surface area contributed by atoms with Crippen LogP contribution in [0.5, 0.6) is 5.75 Å². The van der Waals surface area contributed by atoms with E-state index >= 15 is 0 Å². The van der Waals surface area contributed by atoms with Crippen LogP contribution in [-0.2, 0) is 14.6 Å². The number of hydrogen-bond donors (Lipinski definition) is 2. The van der Waals surface area contributed by atoms with Gasteiger partial charge in [0.1, 0.15) is 10.6 Å². The molecule has 0 unspecified atom stereocenters. The number of H-pyrrole nitrogens is 1. The number of nitrogens with one attached hydrogen (secondary N) is 2. The lowest BCUT2D eigenvalue weighted by Gasteiger charge is -2.15. The minimum absolute atomic E-state index is 0.0156. The molecule has 1 saturated carbocycles. The average molecular weight is 429 g/mol. The summed E-state index contributed by atoms with van der Waals surface area (Å²) >= 11 is 0. The van der Waals surface area contributed by atoms with Gasteiger partial charge in [-0.3, -0.25) is 9.59 Å². The third kappa shape index (κ3) is 4.18. The third-order valence-corrected chi connectivity index (χ3v) is 6.65. The molecule has 0 bridgehead atoms. The van der Waals surface area contributed by atoms with Gasteiger partial charge >= 0.3 is 0 Å². The monoisotopic (exact) mass is 428 g/mol. The lowest BCUT2D eigenvalue weighted by molar-refractivity contribution is -0.119. The molecule has 2 aromatic rings. The molecule has 1 atom stereocenters. The first kappa shape index (κ1) is 20.4. The molecule has 1 saturated heterocycles. The number of carbonyl (C=O) groups excluding carboxylic acids is 1. The van der Waals surface area contributed by atoms with Crippen LogP contribution in [0.3, 0.4) is 0 Å². The van der Waals surface area contributed by atoms with Gasteiger partial charge in [0.15, 0.2) is 9.84 Å². The summed E-state index contributed by atoms with van der Waals surface area (Å²) < 4.78 is 29.4. The fourth-order valence-corrected chi connectivity index (χ4v) is 4.63. The van der Waals surface area contributed by atoms with Gasteiger partial charge in [0.25, 0.3) is 5.56 Å². The summed E-state index contributed by atoms with van der Waals surface area (Å²) in [5, 5.41) is 2.91. The SMILES string of the molecule is COc1cc(/C(=C/[C@H]2CCC(=O)N2)c2ccc(C3CC3)c(=O)[nH]2)ccc1S(C)(=O)=O.